The van der Waals surface area contributed by atoms with Gasteiger partial charge in [0.15, 0.2) is 11.6 Å². The molecular weight excluding hydrogens is 240 g/mol. The maximum Gasteiger partial charge on any atom is 0.159 e. The summed E-state index contributed by atoms with van der Waals surface area (Å²) in [5, 5.41) is 11.5. The first-order chi connectivity index (χ1) is 8.67. The van der Waals surface area contributed by atoms with Gasteiger partial charge < -0.3 is 10.4 Å². The van der Waals surface area contributed by atoms with Crippen LogP contribution in [-0.2, 0) is 11.3 Å². The van der Waals surface area contributed by atoms with Crippen molar-refractivity contribution in [1.82, 2.24) is 5.32 Å². The highest BCUT2D eigenvalue weighted by Gasteiger charge is 2.00. The third-order valence-electron chi connectivity index (χ3n) is 2.15. The van der Waals surface area contributed by atoms with Crippen molar-refractivity contribution in [1.29, 1.82) is 0 Å². The molecule has 0 spiro atoms. The highest BCUT2D eigenvalue weighted by atomic mass is 19.2. The van der Waals surface area contributed by atoms with Gasteiger partial charge in [0.2, 0.25) is 0 Å². The Bertz CT molecular complexity index is 470. The van der Waals surface area contributed by atoms with Gasteiger partial charge in [-0.25, -0.2) is 8.78 Å². The van der Waals surface area contributed by atoms with Crippen LogP contribution in [0.1, 0.15) is 5.56 Å². The molecule has 1 rings (SSSR count). The summed E-state index contributed by atoms with van der Waals surface area (Å²) in [5.41, 5.74) is 0.848. The van der Waals surface area contributed by atoms with E-state index in [9.17, 15) is 13.6 Å². The predicted molar refractivity (Wildman–Crippen MR) is 63.6 cm³/mol. The molecule has 0 aliphatic carbocycles. The van der Waals surface area contributed by atoms with Gasteiger partial charge in [-0.15, -0.1) is 0 Å². The normalized spacial score (nSPS) is 11.8. The molecule has 0 radical (unpaired) electrons. The number of carbonyl (C=O) groups is 1. The molecule has 0 aliphatic rings. The van der Waals surface area contributed by atoms with Crippen LogP contribution in [0.25, 0.3) is 0 Å². The average molecular weight is 253 g/mol. The SMILES string of the molecule is O=C/C(=C/C=C\NCc1ccc(F)c(F)c1)CO. The molecule has 0 amide bonds. The first-order valence-electron chi connectivity index (χ1n) is 5.26. The van der Waals surface area contributed by atoms with Crippen LogP contribution in [0.15, 0.2) is 42.1 Å². The fraction of sp³-hybridized carbons (Fsp3) is 0.154. The zero-order valence-electron chi connectivity index (χ0n) is 9.57. The second-order valence-corrected chi connectivity index (χ2v) is 3.51. The molecule has 0 aliphatic heterocycles. The number of rotatable bonds is 6. The van der Waals surface area contributed by atoms with Crippen molar-refractivity contribution in [2.24, 2.45) is 0 Å². The van der Waals surface area contributed by atoms with E-state index in [2.05, 4.69) is 5.32 Å². The van der Waals surface area contributed by atoms with Crippen LogP contribution in [0.5, 0.6) is 0 Å². The Hall–Kier alpha value is -2.01. The first kappa shape index (κ1) is 14.1. The molecule has 0 saturated carbocycles. The van der Waals surface area contributed by atoms with E-state index in [1.807, 2.05) is 0 Å². The lowest BCUT2D eigenvalue weighted by atomic mass is 10.2. The number of nitrogens with one attached hydrogen (secondary N) is 1. The van der Waals surface area contributed by atoms with Crippen LogP contribution in [-0.4, -0.2) is 18.0 Å². The number of carbonyl (C=O) groups excluding carboxylic acids is 1. The lowest BCUT2D eigenvalue weighted by Crippen LogP contribution is -2.04. The van der Waals surface area contributed by atoms with Gasteiger partial charge in [0.1, 0.15) is 6.29 Å². The topological polar surface area (TPSA) is 49.3 Å². The zero-order valence-corrected chi connectivity index (χ0v) is 9.57. The highest BCUT2D eigenvalue weighted by Crippen LogP contribution is 2.08. The molecule has 0 saturated heterocycles. The molecule has 0 aromatic heterocycles. The Morgan fingerprint density at radius 1 is 1.33 bits per heavy atom. The molecule has 18 heavy (non-hydrogen) atoms. The summed E-state index contributed by atoms with van der Waals surface area (Å²) >= 11 is 0. The monoisotopic (exact) mass is 253 g/mol. The summed E-state index contributed by atoms with van der Waals surface area (Å²) < 4.78 is 25.5. The van der Waals surface area contributed by atoms with Gasteiger partial charge in [0, 0.05) is 12.1 Å². The van der Waals surface area contributed by atoms with Gasteiger partial charge in [0.25, 0.3) is 0 Å². The molecular formula is C13H13F2NO2. The van der Waals surface area contributed by atoms with Crippen LogP contribution >= 0.6 is 0 Å². The summed E-state index contributed by atoms with van der Waals surface area (Å²) in [5.74, 6) is -1.77. The maximum atomic E-state index is 12.9. The molecule has 5 heteroatoms. The van der Waals surface area contributed by atoms with Crippen molar-refractivity contribution in [2.45, 2.75) is 6.54 Å². The van der Waals surface area contributed by atoms with Gasteiger partial charge in [-0.1, -0.05) is 12.1 Å². The van der Waals surface area contributed by atoms with Gasteiger partial charge in [-0.2, -0.15) is 0 Å². The summed E-state index contributed by atoms with van der Waals surface area (Å²) in [4.78, 5) is 10.3. The van der Waals surface area contributed by atoms with Crippen LogP contribution in [0.3, 0.4) is 0 Å². The molecule has 96 valence electrons. The van der Waals surface area contributed by atoms with Crippen molar-refractivity contribution in [3.05, 3.63) is 59.3 Å². The summed E-state index contributed by atoms with van der Waals surface area (Å²) in [7, 11) is 0. The molecule has 0 atom stereocenters. The van der Waals surface area contributed by atoms with E-state index >= 15 is 0 Å². The molecule has 1 aromatic rings. The van der Waals surface area contributed by atoms with E-state index in [0.717, 1.165) is 12.1 Å². The van der Waals surface area contributed by atoms with E-state index in [-0.39, 0.29) is 12.2 Å². The van der Waals surface area contributed by atoms with Crippen molar-refractivity contribution < 1.29 is 18.7 Å². The minimum Gasteiger partial charge on any atom is -0.392 e. The second-order valence-electron chi connectivity index (χ2n) is 3.51. The van der Waals surface area contributed by atoms with Crippen molar-refractivity contribution in [2.75, 3.05) is 6.61 Å². The Labute approximate surface area is 103 Å². The number of benzene rings is 1. The largest absolute Gasteiger partial charge is 0.392 e. The molecule has 2 N–H and O–H groups in total. The van der Waals surface area contributed by atoms with E-state index in [1.165, 1.54) is 12.1 Å². The lowest BCUT2D eigenvalue weighted by Gasteiger charge is -2.01. The minimum atomic E-state index is -0.887. The lowest BCUT2D eigenvalue weighted by molar-refractivity contribution is -0.105. The van der Waals surface area contributed by atoms with E-state index in [4.69, 9.17) is 5.11 Å². The predicted octanol–water partition coefficient (Wildman–Crippen LogP) is 1.69. The van der Waals surface area contributed by atoms with Gasteiger partial charge in [0.05, 0.1) is 6.61 Å². The van der Waals surface area contributed by atoms with Gasteiger partial charge in [-0.3, -0.25) is 4.79 Å². The fourth-order valence-corrected chi connectivity index (χ4v) is 1.20. The van der Waals surface area contributed by atoms with Gasteiger partial charge >= 0.3 is 0 Å². The quantitative estimate of drug-likeness (QED) is 0.461. The molecule has 1 aromatic carbocycles. The summed E-state index contributed by atoms with van der Waals surface area (Å²) in [6.45, 7) is 0.00804. The Balaban J connectivity index is 2.46. The number of hydrogen-bond donors (Lipinski definition) is 2. The fourth-order valence-electron chi connectivity index (χ4n) is 1.20. The first-order valence-corrected chi connectivity index (χ1v) is 5.26. The standard InChI is InChI=1S/C13H13F2NO2/c14-12-4-3-10(6-13(12)15)7-16-5-1-2-11(8-17)9-18/h1-6,8,16,18H,7,9H2/b5-1-,11-2-. The third-order valence-corrected chi connectivity index (χ3v) is 2.15. The Morgan fingerprint density at radius 3 is 2.72 bits per heavy atom. The molecule has 0 bridgehead atoms. The number of allylic oxidation sites excluding steroid dienone is 2. The van der Waals surface area contributed by atoms with Crippen LogP contribution in [0.4, 0.5) is 8.78 Å². The van der Waals surface area contributed by atoms with Crippen LogP contribution in [0.2, 0.25) is 0 Å². The highest BCUT2D eigenvalue weighted by molar-refractivity contribution is 5.73. The summed E-state index contributed by atoms with van der Waals surface area (Å²) in [6, 6.07) is 3.64. The number of aldehydes is 1. The van der Waals surface area contributed by atoms with E-state index in [1.54, 1.807) is 12.3 Å². The third kappa shape index (κ3) is 4.47. The van der Waals surface area contributed by atoms with Crippen molar-refractivity contribution in [3.8, 4) is 0 Å². The zero-order chi connectivity index (χ0) is 13.4. The number of hydrogen-bond acceptors (Lipinski definition) is 3. The maximum absolute atomic E-state index is 12.9. The molecule has 3 nitrogen and oxygen atoms in total. The smallest absolute Gasteiger partial charge is 0.159 e. The van der Waals surface area contributed by atoms with Crippen molar-refractivity contribution >= 4 is 6.29 Å². The Morgan fingerprint density at radius 2 is 2.11 bits per heavy atom. The van der Waals surface area contributed by atoms with Crippen LogP contribution in [0, 0.1) is 11.6 Å². The van der Waals surface area contributed by atoms with E-state index in [0.29, 0.717) is 18.4 Å². The Kier molecular flexibility index (Phi) is 5.73. The molecule has 0 heterocycles. The second kappa shape index (κ2) is 7.34. The number of aliphatic hydroxyl groups is 1. The number of halogens is 2. The number of aliphatic hydroxyl groups excluding tert-OH is 1. The van der Waals surface area contributed by atoms with Crippen molar-refractivity contribution in [3.63, 3.8) is 0 Å². The molecule has 0 unspecified atom stereocenters. The summed E-state index contributed by atoms with van der Waals surface area (Å²) in [6.07, 6.45) is 5.09. The van der Waals surface area contributed by atoms with Gasteiger partial charge in [-0.05, 0) is 30.0 Å². The van der Waals surface area contributed by atoms with Crippen LogP contribution < -0.4 is 5.32 Å². The average Bonchev–Trinajstić information content (AvgIpc) is 2.38. The van der Waals surface area contributed by atoms with E-state index < -0.39 is 11.6 Å². The molecule has 0 fully saturated rings. The minimum absolute atomic E-state index is 0.251.